The second-order valence-corrected chi connectivity index (χ2v) is 2.60. The highest BCUT2D eigenvalue weighted by Crippen LogP contribution is 2.13. The summed E-state index contributed by atoms with van der Waals surface area (Å²) in [6.45, 7) is 0. The smallest absolute Gasteiger partial charge is 0.335 e. The number of benzene rings is 1. The minimum atomic E-state index is -1.01. The molecule has 0 aliphatic rings. The number of rotatable bonds is 1. The summed E-state index contributed by atoms with van der Waals surface area (Å²) in [5.74, 6) is -1.01. The SMILES string of the molecule is O=C(O)c1ccc2c(c1)ncn2O. The van der Waals surface area contributed by atoms with Crippen molar-refractivity contribution in [2.24, 2.45) is 0 Å². The number of aromatic carboxylic acids is 1. The predicted octanol–water partition coefficient (Wildman–Crippen LogP) is 0.972. The molecule has 0 atom stereocenters. The molecule has 2 rings (SSSR count). The topological polar surface area (TPSA) is 75.3 Å². The summed E-state index contributed by atoms with van der Waals surface area (Å²) in [5, 5.41) is 17.8. The average molecular weight is 178 g/mol. The van der Waals surface area contributed by atoms with Gasteiger partial charge >= 0.3 is 5.97 Å². The van der Waals surface area contributed by atoms with Crippen LogP contribution >= 0.6 is 0 Å². The molecule has 5 heteroatoms. The number of hydrogen-bond acceptors (Lipinski definition) is 3. The van der Waals surface area contributed by atoms with Gasteiger partial charge in [0.2, 0.25) is 0 Å². The first-order valence-electron chi connectivity index (χ1n) is 3.58. The highest BCUT2D eigenvalue weighted by molar-refractivity contribution is 5.92. The summed E-state index contributed by atoms with van der Waals surface area (Å²) in [6, 6.07) is 4.33. The van der Waals surface area contributed by atoms with Gasteiger partial charge in [0.05, 0.1) is 11.1 Å². The standard InChI is InChI=1S/C8H6N2O3/c11-8(12)5-1-2-7-6(3-5)9-4-10(7)13/h1-4,13H,(H,11,12). The van der Waals surface area contributed by atoms with Crippen molar-refractivity contribution in [2.75, 3.05) is 0 Å². The molecule has 0 spiro atoms. The van der Waals surface area contributed by atoms with E-state index in [0.29, 0.717) is 11.0 Å². The zero-order valence-corrected chi connectivity index (χ0v) is 6.51. The fourth-order valence-electron chi connectivity index (χ4n) is 1.13. The molecule has 0 aliphatic carbocycles. The second kappa shape index (κ2) is 2.48. The van der Waals surface area contributed by atoms with Crippen molar-refractivity contribution in [2.45, 2.75) is 0 Å². The summed E-state index contributed by atoms with van der Waals surface area (Å²) in [5.41, 5.74) is 1.11. The molecule has 66 valence electrons. The van der Waals surface area contributed by atoms with Crippen LogP contribution in [-0.4, -0.2) is 26.0 Å². The van der Waals surface area contributed by atoms with Crippen LogP contribution in [0.2, 0.25) is 0 Å². The van der Waals surface area contributed by atoms with Crippen molar-refractivity contribution in [3.05, 3.63) is 30.1 Å². The Morgan fingerprint density at radius 1 is 1.46 bits per heavy atom. The lowest BCUT2D eigenvalue weighted by Crippen LogP contribution is -1.95. The molecule has 2 N–H and O–H groups in total. The van der Waals surface area contributed by atoms with Gasteiger partial charge in [-0.25, -0.2) is 9.78 Å². The lowest BCUT2D eigenvalue weighted by Gasteiger charge is -1.94. The zero-order chi connectivity index (χ0) is 9.42. The Kier molecular flexibility index (Phi) is 1.45. The molecule has 0 saturated heterocycles. The minimum absolute atomic E-state index is 0.159. The van der Waals surface area contributed by atoms with E-state index in [1.54, 1.807) is 0 Å². The number of carboxylic acids is 1. The number of aromatic nitrogens is 2. The third-order valence-corrected chi connectivity index (χ3v) is 1.78. The number of nitrogens with zero attached hydrogens (tertiary/aromatic N) is 2. The number of carboxylic acid groups (broad SMARTS) is 1. The van der Waals surface area contributed by atoms with Crippen molar-refractivity contribution in [1.29, 1.82) is 0 Å². The average Bonchev–Trinajstić information content (AvgIpc) is 2.47. The molecular weight excluding hydrogens is 172 g/mol. The molecular formula is C8H6N2O3. The molecule has 0 unspecified atom stereocenters. The van der Waals surface area contributed by atoms with E-state index in [1.165, 1.54) is 24.5 Å². The molecule has 2 aromatic rings. The van der Waals surface area contributed by atoms with E-state index in [2.05, 4.69) is 4.98 Å². The molecule has 0 fully saturated rings. The van der Waals surface area contributed by atoms with Crippen LogP contribution in [0.4, 0.5) is 0 Å². The van der Waals surface area contributed by atoms with Gasteiger partial charge in [0.1, 0.15) is 11.8 Å². The first kappa shape index (κ1) is 7.60. The highest BCUT2D eigenvalue weighted by Gasteiger charge is 2.06. The number of fused-ring (bicyclic) bond motifs is 1. The molecule has 5 nitrogen and oxygen atoms in total. The van der Waals surface area contributed by atoms with E-state index in [0.717, 1.165) is 4.73 Å². The van der Waals surface area contributed by atoms with E-state index in [4.69, 9.17) is 10.3 Å². The second-order valence-electron chi connectivity index (χ2n) is 2.60. The van der Waals surface area contributed by atoms with Crippen molar-refractivity contribution in [3.63, 3.8) is 0 Å². The monoisotopic (exact) mass is 178 g/mol. The van der Waals surface area contributed by atoms with Gasteiger partial charge in [-0.3, -0.25) is 0 Å². The fourth-order valence-corrected chi connectivity index (χ4v) is 1.13. The zero-order valence-electron chi connectivity index (χ0n) is 6.51. The van der Waals surface area contributed by atoms with Crippen molar-refractivity contribution in [1.82, 2.24) is 9.71 Å². The van der Waals surface area contributed by atoms with Crippen LogP contribution in [0.25, 0.3) is 11.0 Å². The number of imidazole rings is 1. The summed E-state index contributed by atoms with van der Waals surface area (Å²) in [4.78, 5) is 14.4. The largest absolute Gasteiger partial charge is 0.478 e. The van der Waals surface area contributed by atoms with Crippen LogP contribution in [0, 0.1) is 0 Å². The molecule has 0 bridgehead atoms. The number of hydrogen-bond donors (Lipinski definition) is 2. The van der Waals surface area contributed by atoms with E-state index in [9.17, 15) is 4.79 Å². The van der Waals surface area contributed by atoms with Gasteiger partial charge in [-0.2, -0.15) is 4.73 Å². The van der Waals surface area contributed by atoms with Crippen molar-refractivity contribution >= 4 is 17.0 Å². The Bertz CT molecular complexity index is 475. The van der Waals surface area contributed by atoms with Gasteiger partial charge in [-0.15, -0.1) is 0 Å². The normalized spacial score (nSPS) is 10.5. The minimum Gasteiger partial charge on any atom is -0.478 e. The molecule has 1 aromatic carbocycles. The third kappa shape index (κ3) is 1.10. The van der Waals surface area contributed by atoms with E-state index >= 15 is 0 Å². The van der Waals surface area contributed by atoms with Crippen LogP contribution in [0.3, 0.4) is 0 Å². The van der Waals surface area contributed by atoms with E-state index in [-0.39, 0.29) is 5.56 Å². The highest BCUT2D eigenvalue weighted by atomic mass is 16.5. The molecule has 0 amide bonds. The van der Waals surface area contributed by atoms with Crippen molar-refractivity contribution in [3.8, 4) is 0 Å². The van der Waals surface area contributed by atoms with Gasteiger partial charge < -0.3 is 10.3 Å². The Hall–Kier alpha value is -2.04. The Morgan fingerprint density at radius 2 is 2.23 bits per heavy atom. The maximum atomic E-state index is 10.6. The van der Waals surface area contributed by atoms with Gasteiger partial charge in [0, 0.05) is 0 Å². The predicted molar refractivity (Wildman–Crippen MR) is 43.9 cm³/mol. The summed E-state index contributed by atoms with van der Waals surface area (Å²) >= 11 is 0. The summed E-state index contributed by atoms with van der Waals surface area (Å²) < 4.78 is 0.848. The van der Waals surface area contributed by atoms with Crippen LogP contribution in [0.1, 0.15) is 10.4 Å². The van der Waals surface area contributed by atoms with E-state index in [1.807, 2.05) is 0 Å². The molecule has 13 heavy (non-hydrogen) atoms. The molecule has 1 aromatic heterocycles. The van der Waals surface area contributed by atoms with Crippen LogP contribution in [-0.2, 0) is 0 Å². The van der Waals surface area contributed by atoms with Crippen LogP contribution < -0.4 is 0 Å². The van der Waals surface area contributed by atoms with Gasteiger partial charge in [-0.05, 0) is 18.2 Å². The maximum absolute atomic E-state index is 10.6. The molecule has 0 aliphatic heterocycles. The first-order valence-corrected chi connectivity index (χ1v) is 3.58. The maximum Gasteiger partial charge on any atom is 0.335 e. The summed E-state index contributed by atoms with van der Waals surface area (Å²) in [6.07, 6.45) is 1.22. The molecule has 1 heterocycles. The van der Waals surface area contributed by atoms with Crippen LogP contribution in [0.5, 0.6) is 0 Å². The number of carbonyl (C=O) groups is 1. The van der Waals surface area contributed by atoms with E-state index < -0.39 is 5.97 Å². The van der Waals surface area contributed by atoms with Crippen molar-refractivity contribution < 1.29 is 15.1 Å². The Labute approximate surface area is 72.8 Å². The Morgan fingerprint density at radius 3 is 2.92 bits per heavy atom. The first-order chi connectivity index (χ1) is 6.18. The van der Waals surface area contributed by atoms with Gasteiger partial charge in [-0.1, -0.05) is 0 Å². The lowest BCUT2D eigenvalue weighted by molar-refractivity contribution is 0.0697. The Balaban J connectivity index is 2.70. The molecule has 0 radical (unpaired) electrons. The van der Waals surface area contributed by atoms with Gasteiger partial charge in [0.15, 0.2) is 0 Å². The summed E-state index contributed by atoms with van der Waals surface area (Å²) in [7, 11) is 0. The quantitative estimate of drug-likeness (QED) is 0.638. The lowest BCUT2D eigenvalue weighted by atomic mass is 10.2. The third-order valence-electron chi connectivity index (χ3n) is 1.78. The molecule has 0 saturated carbocycles. The van der Waals surface area contributed by atoms with Gasteiger partial charge in [0.25, 0.3) is 0 Å². The van der Waals surface area contributed by atoms with Crippen LogP contribution in [0.15, 0.2) is 24.5 Å². The fraction of sp³-hybridized carbons (Fsp3) is 0.